The van der Waals surface area contributed by atoms with Crippen LogP contribution in [0, 0.1) is 11.3 Å². The Balaban J connectivity index is 3.73. The molecule has 0 aromatic heterocycles. The van der Waals surface area contributed by atoms with E-state index in [-0.39, 0.29) is 11.3 Å². The van der Waals surface area contributed by atoms with Crippen LogP contribution in [0.2, 0.25) is 0 Å². The van der Waals surface area contributed by atoms with Gasteiger partial charge in [0.05, 0.1) is 0 Å². The fourth-order valence-electron chi connectivity index (χ4n) is 2.08. The molecule has 3 nitrogen and oxygen atoms in total. The Morgan fingerprint density at radius 3 is 2.39 bits per heavy atom. The van der Waals surface area contributed by atoms with Crippen LogP contribution in [0.15, 0.2) is 0 Å². The van der Waals surface area contributed by atoms with Crippen LogP contribution in [-0.2, 0) is 4.79 Å². The van der Waals surface area contributed by atoms with Crippen molar-refractivity contribution in [2.24, 2.45) is 17.1 Å². The Morgan fingerprint density at radius 2 is 1.89 bits per heavy atom. The monoisotopic (exact) mass is 256 g/mol. The van der Waals surface area contributed by atoms with Crippen molar-refractivity contribution in [3.63, 3.8) is 0 Å². The molecule has 1 amide bonds. The lowest BCUT2D eigenvalue weighted by molar-refractivity contribution is -0.121. The van der Waals surface area contributed by atoms with E-state index in [1.807, 2.05) is 0 Å². The lowest BCUT2D eigenvalue weighted by Gasteiger charge is -2.18. The van der Waals surface area contributed by atoms with Gasteiger partial charge in [0.25, 0.3) is 0 Å². The highest BCUT2D eigenvalue weighted by molar-refractivity contribution is 5.75. The molecule has 0 spiro atoms. The SMILES string of the molecule is CCCC(CCN)CCC(=O)NCCC(C)(C)C. The second-order valence-corrected chi connectivity index (χ2v) is 6.43. The second-order valence-electron chi connectivity index (χ2n) is 6.43. The van der Waals surface area contributed by atoms with Gasteiger partial charge in [0.15, 0.2) is 0 Å². The molecule has 1 atom stereocenters. The summed E-state index contributed by atoms with van der Waals surface area (Å²) in [6, 6.07) is 0. The molecule has 0 aliphatic rings. The number of amides is 1. The summed E-state index contributed by atoms with van der Waals surface area (Å²) in [4.78, 5) is 11.7. The first-order chi connectivity index (χ1) is 8.39. The number of carbonyl (C=O) groups excluding carboxylic acids is 1. The maximum Gasteiger partial charge on any atom is 0.220 e. The first-order valence-electron chi connectivity index (χ1n) is 7.35. The normalized spacial score (nSPS) is 13.4. The minimum atomic E-state index is 0.192. The molecule has 0 radical (unpaired) electrons. The van der Waals surface area contributed by atoms with Crippen LogP contribution in [0.4, 0.5) is 0 Å². The van der Waals surface area contributed by atoms with Crippen molar-refractivity contribution in [2.45, 2.75) is 66.2 Å². The van der Waals surface area contributed by atoms with Crippen LogP contribution in [-0.4, -0.2) is 19.0 Å². The third-order valence-electron chi connectivity index (χ3n) is 3.25. The Labute approximate surface area is 113 Å². The lowest BCUT2D eigenvalue weighted by atomic mass is 9.92. The molecule has 0 aliphatic carbocycles. The Morgan fingerprint density at radius 1 is 1.22 bits per heavy atom. The van der Waals surface area contributed by atoms with Crippen LogP contribution >= 0.6 is 0 Å². The predicted octanol–water partition coefficient (Wildman–Crippen LogP) is 3.08. The highest BCUT2D eigenvalue weighted by atomic mass is 16.1. The van der Waals surface area contributed by atoms with Crippen molar-refractivity contribution < 1.29 is 4.79 Å². The number of carbonyl (C=O) groups is 1. The summed E-state index contributed by atoms with van der Waals surface area (Å²) in [5, 5.41) is 3.01. The number of nitrogens with one attached hydrogen (secondary N) is 1. The standard InChI is InChI=1S/C15H32N2O/c1-5-6-13(9-11-16)7-8-14(18)17-12-10-15(2,3)4/h13H,5-12,16H2,1-4H3,(H,17,18). The van der Waals surface area contributed by atoms with Crippen molar-refractivity contribution in [3.8, 4) is 0 Å². The topological polar surface area (TPSA) is 55.1 Å². The highest BCUT2D eigenvalue weighted by Gasteiger charge is 2.12. The summed E-state index contributed by atoms with van der Waals surface area (Å²) in [5.74, 6) is 0.811. The lowest BCUT2D eigenvalue weighted by Crippen LogP contribution is -2.27. The maximum absolute atomic E-state index is 11.7. The molecule has 108 valence electrons. The van der Waals surface area contributed by atoms with E-state index in [0.29, 0.717) is 12.3 Å². The first kappa shape index (κ1) is 17.4. The summed E-state index contributed by atoms with van der Waals surface area (Å²) in [7, 11) is 0. The van der Waals surface area contributed by atoms with Crippen molar-refractivity contribution in [1.82, 2.24) is 5.32 Å². The molecule has 0 aromatic rings. The van der Waals surface area contributed by atoms with Gasteiger partial charge in [-0.25, -0.2) is 0 Å². The molecule has 0 fully saturated rings. The van der Waals surface area contributed by atoms with Crippen LogP contribution in [0.1, 0.15) is 66.2 Å². The summed E-state index contributed by atoms with van der Waals surface area (Å²) in [6.45, 7) is 10.3. The number of hydrogen-bond donors (Lipinski definition) is 2. The third-order valence-corrected chi connectivity index (χ3v) is 3.25. The van der Waals surface area contributed by atoms with E-state index in [2.05, 4.69) is 33.0 Å². The van der Waals surface area contributed by atoms with Gasteiger partial charge >= 0.3 is 0 Å². The van der Waals surface area contributed by atoms with Crippen molar-refractivity contribution in [1.29, 1.82) is 0 Å². The smallest absolute Gasteiger partial charge is 0.220 e. The molecule has 3 heteroatoms. The fraction of sp³-hybridized carbons (Fsp3) is 0.933. The summed E-state index contributed by atoms with van der Waals surface area (Å²) in [6.07, 6.45) is 6.06. The van der Waals surface area contributed by atoms with Crippen LogP contribution in [0.3, 0.4) is 0 Å². The number of nitrogens with two attached hydrogens (primary N) is 1. The van der Waals surface area contributed by atoms with Gasteiger partial charge in [-0.2, -0.15) is 0 Å². The predicted molar refractivity (Wildman–Crippen MR) is 78.4 cm³/mol. The number of rotatable bonds is 9. The van der Waals surface area contributed by atoms with E-state index in [1.54, 1.807) is 0 Å². The summed E-state index contributed by atoms with van der Waals surface area (Å²) >= 11 is 0. The van der Waals surface area contributed by atoms with Gasteiger partial charge in [-0.05, 0) is 37.1 Å². The molecule has 3 N–H and O–H groups in total. The Hall–Kier alpha value is -0.570. The summed E-state index contributed by atoms with van der Waals surface area (Å²) in [5.41, 5.74) is 5.88. The molecule has 0 saturated heterocycles. The zero-order valence-corrected chi connectivity index (χ0v) is 12.7. The highest BCUT2D eigenvalue weighted by Crippen LogP contribution is 2.18. The minimum absolute atomic E-state index is 0.192. The molecule has 0 aliphatic heterocycles. The average molecular weight is 256 g/mol. The van der Waals surface area contributed by atoms with Gasteiger partial charge in [0.1, 0.15) is 0 Å². The van der Waals surface area contributed by atoms with Gasteiger partial charge in [-0.15, -0.1) is 0 Å². The number of hydrogen-bond acceptors (Lipinski definition) is 2. The van der Waals surface area contributed by atoms with E-state index in [9.17, 15) is 4.79 Å². The first-order valence-corrected chi connectivity index (χ1v) is 7.35. The Kier molecular flexibility index (Phi) is 9.08. The van der Waals surface area contributed by atoms with Crippen molar-refractivity contribution in [3.05, 3.63) is 0 Å². The molecule has 18 heavy (non-hydrogen) atoms. The molecule has 1 unspecified atom stereocenters. The molecular formula is C15H32N2O. The molecular weight excluding hydrogens is 224 g/mol. The van der Waals surface area contributed by atoms with Gasteiger partial charge in [0, 0.05) is 13.0 Å². The van der Waals surface area contributed by atoms with Crippen LogP contribution < -0.4 is 11.1 Å². The van der Waals surface area contributed by atoms with Crippen LogP contribution in [0.5, 0.6) is 0 Å². The molecule has 0 saturated carbocycles. The largest absolute Gasteiger partial charge is 0.356 e. The molecule has 0 aromatic carbocycles. The fourth-order valence-corrected chi connectivity index (χ4v) is 2.08. The van der Waals surface area contributed by atoms with Crippen molar-refractivity contribution in [2.75, 3.05) is 13.1 Å². The molecule has 0 heterocycles. The van der Waals surface area contributed by atoms with E-state index >= 15 is 0 Å². The van der Waals surface area contributed by atoms with Gasteiger partial charge in [0.2, 0.25) is 5.91 Å². The van der Waals surface area contributed by atoms with Crippen LogP contribution in [0.25, 0.3) is 0 Å². The molecule has 0 bridgehead atoms. The zero-order chi connectivity index (χ0) is 14.0. The van der Waals surface area contributed by atoms with Gasteiger partial charge < -0.3 is 11.1 Å². The van der Waals surface area contributed by atoms with E-state index in [0.717, 1.165) is 32.4 Å². The quantitative estimate of drug-likeness (QED) is 0.666. The molecule has 0 rings (SSSR count). The van der Waals surface area contributed by atoms with E-state index in [4.69, 9.17) is 5.73 Å². The second kappa shape index (κ2) is 9.37. The minimum Gasteiger partial charge on any atom is -0.356 e. The van der Waals surface area contributed by atoms with Gasteiger partial charge in [-0.3, -0.25) is 4.79 Å². The third kappa shape index (κ3) is 10.6. The zero-order valence-electron chi connectivity index (χ0n) is 12.7. The van der Waals surface area contributed by atoms with Crippen molar-refractivity contribution >= 4 is 5.91 Å². The van der Waals surface area contributed by atoms with Gasteiger partial charge in [-0.1, -0.05) is 40.5 Å². The van der Waals surface area contributed by atoms with E-state index in [1.165, 1.54) is 12.8 Å². The van der Waals surface area contributed by atoms with E-state index < -0.39 is 0 Å². The Bertz CT molecular complexity index is 215. The summed E-state index contributed by atoms with van der Waals surface area (Å²) < 4.78 is 0. The average Bonchev–Trinajstić information content (AvgIpc) is 2.25. The maximum atomic E-state index is 11.7.